The minimum Gasteiger partial charge on any atom is -0.379 e. The van der Waals surface area contributed by atoms with Crippen molar-refractivity contribution in [1.82, 2.24) is 9.97 Å². The van der Waals surface area contributed by atoms with Gasteiger partial charge in [-0.05, 0) is 38.1 Å². The first-order valence-electron chi connectivity index (χ1n) is 8.73. The summed E-state index contributed by atoms with van der Waals surface area (Å²) in [6.45, 7) is 5.14. The van der Waals surface area contributed by atoms with E-state index in [0.717, 1.165) is 16.6 Å². The molecule has 0 spiro atoms. The number of nitrogens with one attached hydrogen (secondary N) is 2. The molecule has 0 bridgehead atoms. The number of anilines is 1. The van der Waals surface area contributed by atoms with Crippen molar-refractivity contribution >= 4 is 22.6 Å². The van der Waals surface area contributed by atoms with Crippen LogP contribution in [0.25, 0.3) is 22.4 Å². The smallest absolute Gasteiger partial charge is 0.253 e. The van der Waals surface area contributed by atoms with Crippen LogP contribution in [0.5, 0.6) is 0 Å². The second-order valence-corrected chi connectivity index (χ2v) is 5.85. The molecule has 6 heteroatoms. The van der Waals surface area contributed by atoms with Crippen LogP contribution in [0, 0.1) is 0 Å². The van der Waals surface area contributed by atoms with E-state index in [0.29, 0.717) is 31.3 Å². The molecule has 1 amide bonds. The predicted octanol–water partition coefficient (Wildman–Crippen LogP) is 3.61. The van der Waals surface area contributed by atoms with Gasteiger partial charge >= 0.3 is 0 Å². The lowest BCUT2D eigenvalue weighted by atomic mass is 10.1. The number of fused-ring (bicyclic) bond motifs is 1. The molecule has 26 heavy (non-hydrogen) atoms. The number of aromatic nitrogens is 2. The van der Waals surface area contributed by atoms with Crippen LogP contribution in [0.15, 0.2) is 48.5 Å². The molecule has 2 aromatic carbocycles. The van der Waals surface area contributed by atoms with Crippen molar-refractivity contribution in [2.75, 3.05) is 25.1 Å². The van der Waals surface area contributed by atoms with Crippen LogP contribution >= 0.6 is 0 Å². The van der Waals surface area contributed by atoms with Crippen LogP contribution in [0.2, 0.25) is 0 Å². The third-order valence-corrected chi connectivity index (χ3v) is 4.00. The molecule has 1 unspecified atom stereocenters. The number of para-hydroxylation sites is 3. The molecule has 0 radical (unpaired) electrons. The van der Waals surface area contributed by atoms with Crippen molar-refractivity contribution in [2.45, 2.75) is 20.0 Å². The number of rotatable bonds is 8. The highest BCUT2D eigenvalue weighted by Gasteiger charge is 2.16. The zero-order valence-electron chi connectivity index (χ0n) is 15.0. The summed E-state index contributed by atoms with van der Waals surface area (Å²) < 4.78 is 10.7. The van der Waals surface area contributed by atoms with Crippen LogP contribution in [-0.2, 0) is 14.3 Å². The number of hydrogen-bond acceptors (Lipinski definition) is 4. The van der Waals surface area contributed by atoms with E-state index in [1.807, 2.05) is 55.5 Å². The van der Waals surface area contributed by atoms with Gasteiger partial charge in [0.15, 0.2) is 0 Å². The minimum atomic E-state index is -0.570. The van der Waals surface area contributed by atoms with Crippen molar-refractivity contribution in [3.05, 3.63) is 48.5 Å². The fourth-order valence-corrected chi connectivity index (χ4v) is 2.62. The summed E-state index contributed by atoms with van der Waals surface area (Å²) in [7, 11) is 0. The fraction of sp³-hybridized carbons (Fsp3) is 0.300. The number of aromatic amines is 1. The molecule has 1 heterocycles. The maximum atomic E-state index is 12.4. The standard InChI is InChI=1S/C20H23N3O3/c1-3-25-12-13-26-14(2)20(24)23-16-9-5-4-8-15(16)19-21-17-10-6-7-11-18(17)22-19/h4-11,14H,3,12-13H2,1-2H3,(H,21,22)(H,23,24). The second-order valence-electron chi connectivity index (χ2n) is 5.85. The van der Waals surface area contributed by atoms with Crippen molar-refractivity contribution in [1.29, 1.82) is 0 Å². The van der Waals surface area contributed by atoms with Crippen LogP contribution in [0.4, 0.5) is 5.69 Å². The number of hydrogen-bond donors (Lipinski definition) is 2. The molecule has 0 saturated carbocycles. The van der Waals surface area contributed by atoms with Gasteiger partial charge in [0, 0.05) is 12.2 Å². The normalized spacial score (nSPS) is 12.2. The lowest BCUT2D eigenvalue weighted by Crippen LogP contribution is -2.29. The third kappa shape index (κ3) is 4.28. The molecule has 0 saturated heterocycles. The van der Waals surface area contributed by atoms with E-state index in [9.17, 15) is 4.79 Å². The summed E-state index contributed by atoms with van der Waals surface area (Å²) in [6.07, 6.45) is -0.570. The average Bonchev–Trinajstić information content (AvgIpc) is 3.09. The quantitative estimate of drug-likeness (QED) is 0.607. The molecule has 6 nitrogen and oxygen atoms in total. The molecule has 1 atom stereocenters. The Hall–Kier alpha value is -2.70. The Balaban J connectivity index is 1.74. The predicted molar refractivity (Wildman–Crippen MR) is 102 cm³/mol. The largest absolute Gasteiger partial charge is 0.379 e. The number of nitrogens with zero attached hydrogens (tertiary/aromatic N) is 1. The van der Waals surface area contributed by atoms with Gasteiger partial charge in [-0.3, -0.25) is 4.79 Å². The van der Waals surface area contributed by atoms with Crippen molar-refractivity contribution in [2.24, 2.45) is 0 Å². The van der Waals surface area contributed by atoms with Gasteiger partial charge < -0.3 is 19.8 Å². The SMILES string of the molecule is CCOCCOC(C)C(=O)Nc1ccccc1-c1nc2ccccc2[nH]1. The lowest BCUT2D eigenvalue weighted by molar-refractivity contribution is -0.127. The molecule has 3 rings (SSSR count). The summed E-state index contributed by atoms with van der Waals surface area (Å²) in [4.78, 5) is 20.3. The van der Waals surface area contributed by atoms with E-state index in [-0.39, 0.29) is 5.91 Å². The number of imidazole rings is 1. The zero-order valence-corrected chi connectivity index (χ0v) is 15.0. The maximum Gasteiger partial charge on any atom is 0.253 e. The molecule has 136 valence electrons. The van der Waals surface area contributed by atoms with Gasteiger partial charge in [-0.2, -0.15) is 0 Å². The first kappa shape index (κ1) is 18.1. The molecular formula is C20H23N3O3. The molecule has 3 aromatic rings. The monoisotopic (exact) mass is 353 g/mol. The molecule has 2 N–H and O–H groups in total. The summed E-state index contributed by atoms with van der Waals surface area (Å²) in [5, 5.41) is 2.93. The number of amides is 1. The molecule has 0 aliphatic carbocycles. The van der Waals surface area contributed by atoms with E-state index in [1.165, 1.54) is 0 Å². The highest BCUT2D eigenvalue weighted by molar-refractivity contribution is 5.97. The molecule has 0 aliphatic rings. The van der Waals surface area contributed by atoms with Crippen molar-refractivity contribution in [3.63, 3.8) is 0 Å². The Bertz CT molecular complexity index is 842. The number of ether oxygens (including phenoxy) is 2. The number of benzene rings is 2. The highest BCUT2D eigenvalue weighted by Crippen LogP contribution is 2.27. The van der Waals surface area contributed by atoms with Gasteiger partial charge in [0.2, 0.25) is 0 Å². The van der Waals surface area contributed by atoms with E-state index in [1.54, 1.807) is 6.92 Å². The van der Waals surface area contributed by atoms with Gasteiger partial charge in [0.1, 0.15) is 11.9 Å². The lowest BCUT2D eigenvalue weighted by Gasteiger charge is -2.15. The third-order valence-electron chi connectivity index (χ3n) is 4.00. The minimum absolute atomic E-state index is 0.204. The number of carbonyl (C=O) groups excluding carboxylic acids is 1. The Morgan fingerprint density at radius 2 is 1.92 bits per heavy atom. The van der Waals surface area contributed by atoms with Crippen molar-refractivity contribution in [3.8, 4) is 11.4 Å². The van der Waals surface area contributed by atoms with E-state index < -0.39 is 6.10 Å². The fourth-order valence-electron chi connectivity index (χ4n) is 2.62. The van der Waals surface area contributed by atoms with Gasteiger partial charge in [-0.25, -0.2) is 4.98 Å². The Kier molecular flexibility index (Phi) is 5.99. The van der Waals surface area contributed by atoms with Gasteiger partial charge in [-0.1, -0.05) is 24.3 Å². The first-order valence-corrected chi connectivity index (χ1v) is 8.73. The number of carbonyl (C=O) groups is 1. The number of H-pyrrole nitrogens is 1. The van der Waals surface area contributed by atoms with Gasteiger partial charge in [0.05, 0.1) is 29.9 Å². The molecular weight excluding hydrogens is 330 g/mol. The molecule has 0 fully saturated rings. The maximum absolute atomic E-state index is 12.4. The Morgan fingerprint density at radius 3 is 2.73 bits per heavy atom. The molecule has 0 aliphatic heterocycles. The zero-order chi connectivity index (χ0) is 18.4. The molecule has 1 aromatic heterocycles. The summed E-state index contributed by atoms with van der Waals surface area (Å²) in [6, 6.07) is 15.4. The summed E-state index contributed by atoms with van der Waals surface area (Å²) >= 11 is 0. The van der Waals surface area contributed by atoms with E-state index in [2.05, 4.69) is 15.3 Å². The first-order chi connectivity index (χ1) is 12.7. The second kappa shape index (κ2) is 8.60. The average molecular weight is 353 g/mol. The van der Waals surface area contributed by atoms with E-state index in [4.69, 9.17) is 9.47 Å². The van der Waals surface area contributed by atoms with Gasteiger partial charge in [0.25, 0.3) is 5.91 Å². The summed E-state index contributed by atoms with van der Waals surface area (Å²) in [5.74, 6) is 0.511. The van der Waals surface area contributed by atoms with Crippen LogP contribution in [0.3, 0.4) is 0 Å². The Morgan fingerprint density at radius 1 is 1.15 bits per heavy atom. The summed E-state index contributed by atoms with van der Waals surface area (Å²) in [5.41, 5.74) is 3.36. The topological polar surface area (TPSA) is 76.2 Å². The van der Waals surface area contributed by atoms with Crippen LogP contribution in [0.1, 0.15) is 13.8 Å². The highest BCUT2D eigenvalue weighted by atomic mass is 16.5. The van der Waals surface area contributed by atoms with Crippen LogP contribution in [-0.4, -0.2) is 41.8 Å². The van der Waals surface area contributed by atoms with Crippen LogP contribution < -0.4 is 5.32 Å². The Labute approximate surface area is 152 Å². The van der Waals surface area contributed by atoms with E-state index >= 15 is 0 Å². The van der Waals surface area contributed by atoms with Gasteiger partial charge in [-0.15, -0.1) is 0 Å². The van der Waals surface area contributed by atoms with Crippen molar-refractivity contribution < 1.29 is 14.3 Å².